The molecule has 0 saturated carbocycles. The molecule has 0 aromatic heterocycles. The molecule has 0 heterocycles. The Labute approximate surface area is 94.1 Å². The summed E-state index contributed by atoms with van der Waals surface area (Å²) in [5.41, 5.74) is 0.507. The van der Waals surface area contributed by atoms with Gasteiger partial charge in [0.25, 0.3) is 0 Å². The van der Waals surface area contributed by atoms with Crippen LogP contribution < -0.4 is 9.47 Å². The number of ether oxygens (including phenoxy) is 2. The van der Waals surface area contributed by atoms with Gasteiger partial charge in [0.2, 0.25) is 0 Å². The lowest BCUT2D eigenvalue weighted by Gasteiger charge is -2.08. The summed E-state index contributed by atoms with van der Waals surface area (Å²) in [4.78, 5) is 10.8. The molecule has 86 valence electrons. The fourth-order valence-electron chi connectivity index (χ4n) is 1.27. The lowest BCUT2D eigenvalue weighted by molar-refractivity contribution is -0.112. The van der Waals surface area contributed by atoms with E-state index in [4.69, 9.17) is 9.47 Å². The first kappa shape index (κ1) is 12.1. The van der Waals surface area contributed by atoms with Crippen molar-refractivity contribution in [2.75, 3.05) is 14.2 Å². The normalized spacial score (nSPS) is 11.1. The summed E-state index contributed by atoms with van der Waals surface area (Å²) in [5.74, 6) is 0.770. The maximum absolute atomic E-state index is 10.8. The molecular formula is C12H14O4. The van der Waals surface area contributed by atoms with Crippen LogP contribution in [-0.4, -0.2) is 25.1 Å². The van der Waals surface area contributed by atoms with E-state index in [0.29, 0.717) is 17.1 Å². The number of aliphatic hydroxyl groups excluding tert-OH is 1. The van der Waals surface area contributed by atoms with Crippen molar-refractivity contribution in [3.8, 4) is 11.5 Å². The fourth-order valence-corrected chi connectivity index (χ4v) is 1.27. The maximum Gasteiger partial charge on any atom is 0.161 e. The van der Waals surface area contributed by atoms with Gasteiger partial charge < -0.3 is 14.6 Å². The molecule has 0 aliphatic rings. The molecule has 4 nitrogen and oxygen atoms in total. The predicted molar refractivity (Wildman–Crippen MR) is 60.8 cm³/mol. The second-order valence-electron chi connectivity index (χ2n) is 3.21. The number of carbonyl (C=O) groups excluding carboxylic acids is 1. The van der Waals surface area contributed by atoms with Gasteiger partial charge in [-0.1, -0.05) is 0 Å². The lowest BCUT2D eigenvalue weighted by atomic mass is 10.1. The minimum atomic E-state index is -0.215. The van der Waals surface area contributed by atoms with E-state index in [1.807, 2.05) is 0 Å². The van der Waals surface area contributed by atoms with Crippen molar-refractivity contribution in [3.05, 3.63) is 29.8 Å². The Kier molecular flexibility index (Phi) is 3.94. The molecule has 1 aromatic carbocycles. The van der Waals surface area contributed by atoms with E-state index in [1.165, 1.54) is 21.1 Å². The van der Waals surface area contributed by atoms with Gasteiger partial charge in [0.15, 0.2) is 17.3 Å². The van der Waals surface area contributed by atoms with Crippen molar-refractivity contribution in [1.29, 1.82) is 0 Å². The molecule has 0 fully saturated rings. The van der Waals surface area contributed by atoms with E-state index in [9.17, 15) is 9.90 Å². The van der Waals surface area contributed by atoms with Crippen molar-refractivity contribution in [3.63, 3.8) is 0 Å². The first-order valence-corrected chi connectivity index (χ1v) is 4.72. The van der Waals surface area contributed by atoms with Gasteiger partial charge in [-0.2, -0.15) is 0 Å². The Balaban J connectivity index is 3.13. The molecule has 1 aromatic rings. The number of allylic oxidation sites excluding steroid dienone is 1. The summed E-state index contributed by atoms with van der Waals surface area (Å²) in [5, 5.41) is 9.62. The van der Waals surface area contributed by atoms with E-state index in [-0.39, 0.29) is 11.5 Å². The zero-order valence-corrected chi connectivity index (χ0v) is 9.48. The molecule has 16 heavy (non-hydrogen) atoms. The molecule has 0 aliphatic carbocycles. The zero-order chi connectivity index (χ0) is 12.1. The van der Waals surface area contributed by atoms with Gasteiger partial charge in [0, 0.05) is 11.6 Å². The Hall–Kier alpha value is -1.97. The van der Waals surface area contributed by atoms with E-state index in [0.717, 1.165) is 6.08 Å². The van der Waals surface area contributed by atoms with Crippen molar-refractivity contribution in [1.82, 2.24) is 0 Å². The van der Waals surface area contributed by atoms with Gasteiger partial charge in [0.1, 0.15) is 5.76 Å². The highest BCUT2D eigenvalue weighted by Crippen LogP contribution is 2.29. The summed E-state index contributed by atoms with van der Waals surface area (Å²) in [6.07, 6.45) is 1.15. The van der Waals surface area contributed by atoms with Crippen LogP contribution in [0, 0.1) is 0 Å². The average molecular weight is 222 g/mol. The van der Waals surface area contributed by atoms with E-state index in [1.54, 1.807) is 18.2 Å². The number of aliphatic hydroxyl groups is 1. The van der Waals surface area contributed by atoms with Crippen molar-refractivity contribution < 1.29 is 19.4 Å². The second kappa shape index (κ2) is 5.21. The number of ketones is 1. The lowest BCUT2D eigenvalue weighted by Crippen LogP contribution is -1.93. The maximum atomic E-state index is 10.8. The zero-order valence-electron chi connectivity index (χ0n) is 9.48. The molecule has 0 spiro atoms. The molecule has 0 aliphatic heterocycles. The first-order valence-electron chi connectivity index (χ1n) is 4.72. The highest BCUT2D eigenvalue weighted by atomic mass is 16.5. The van der Waals surface area contributed by atoms with Gasteiger partial charge in [0.05, 0.1) is 14.2 Å². The van der Waals surface area contributed by atoms with Gasteiger partial charge >= 0.3 is 0 Å². The third kappa shape index (κ3) is 2.76. The minimum Gasteiger partial charge on any atom is -0.507 e. The van der Waals surface area contributed by atoms with Gasteiger partial charge in [-0.3, -0.25) is 4.79 Å². The highest BCUT2D eigenvalue weighted by Gasteiger charge is 2.07. The van der Waals surface area contributed by atoms with Crippen LogP contribution >= 0.6 is 0 Å². The van der Waals surface area contributed by atoms with Crippen LogP contribution in [0.3, 0.4) is 0 Å². The quantitative estimate of drug-likeness (QED) is 0.626. The number of rotatable bonds is 4. The SMILES string of the molecule is COc1ccc(/C(O)=C/C(C)=O)cc1OC. The molecule has 0 atom stereocenters. The minimum absolute atomic E-state index is 0.0894. The summed E-state index contributed by atoms with van der Waals surface area (Å²) in [7, 11) is 3.04. The largest absolute Gasteiger partial charge is 0.507 e. The Morgan fingerprint density at radius 1 is 1.25 bits per heavy atom. The highest BCUT2D eigenvalue weighted by molar-refractivity contribution is 5.93. The first-order chi connectivity index (χ1) is 7.58. The third-order valence-corrected chi connectivity index (χ3v) is 2.02. The molecule has 0 bridgehead atoms. The standard InChI is InChI=1S/C12H14O4/c1-8(13)6-10(14)9-4-5-11(15-2)12(7-9)16-3/h4-7,14H,1-3H3/b10-6-. The van der Waals surface area contributed by atoms with E-state index < -0.39 is 0 Å². The van der Waals surface area contributed by atoms with Crippen LogP contribution in [0.1, 0.15) is 12.5 Å². The molecule has 1 rings (SSSR count). The number of carbonyl (C=O) groups is 1. The van der Waals surface area contributed by atoms with Crippen LogP contribution in [-0.2, 0) is 4.79 Å². The van der Waals surface area contributed by atoms with Crippen LogP contribution in [0.5, 0.6) is 11.5 Å². The van der Waals surface area contributed by atoms with Crippen molar-refractivity contribution in [2.45, 2.75) is 6.92 Å². The monoisotopic (exact) mass is 222 g/mol. The summed E-state index contributed by atoms with van der Waals surface area (Å²) in [6, 6.07) is 4.92. The third-order valence-electron chi connectivity index (χ3n) is 2.02. The number of benzene rings is 1. The van der Waals surface area contributed by atoms with Crippen LogP contribution in [0.25, 0.3) is 5.76 Å². The number of hydrogen-bond acceptors (Lipinski definition) is 4. The van der Waals surface area contributed by atoms with E-state index >= 15 is 0 Å². The number of hydrogen-bond donors (Lipinski definition) is 1. The molecule has 0 saturated heterocycles. The predicted octanol–water partition coefficient (Wildman–Crippen LogP) is 2.19. The number of methoxy groups -OCH3 is 2. The van der Waals surface area contributed by atoms with Crippen LogP contribution in [0.2, 0.25) is 0 Å². The van der Waals surface area contributed by atoms with Crippen molar-refractivity contribution in [2.24, 2.45) is 0 Å². The molecule has 1 N–H and O–H groups in total. The van der Waals surface area contributed by atoms with Gasteiger partial charge in [-0.05, 0) is 25.1 Å². The Bertz CT molecular complexity index is 421. The van der Waals surface area contributed by atoms with E-state index in [2.05, 4.69) is 0 Å². The van der Waals surface area contributed by atoms with Gasteiger partial charge in [-0.15, -0.1) is 0 Å². The average Bonchev–Trinajstić information content (AvgIpc) is 2.27. The summed E-state index contributed by atoms with van der Waals surface area (Å²) in [6.45, 7) is 1.37. The summed E-state index contributed by atoms with van der Waals surface area (Å²) < 4.78 is 10.1. The molecule has 0 amide bonds. The van der Waals surface area contributed by atoms with Crippen molar-refractivity contribution >= 4 is 11.5 Å². The Morgan fingerprint density at radius 2 is 1.88 bits per heavy atom. The molecule has 4 heteroatoms. The smallest absolute Gasteiger partial charge is 0.161 e. The summed E-state index contributed by atoms with van der Waals surface area (Å²) >= 11 is 0. The second-order valence-corrected chi connectivity index (χ2v) is 3.21. The molecule has 0 unspecified atom stereocenters. The fraction of sp³-hybridized carbons (Fsp3) is 0.250. The van der Waals surface area contributed by atoms with Crippen LogP contribution in [0.4, 0.5) is 0 Å². The van der Waals surface area contributed by atoms with Gasteiger partial charge in [-0.25, -0.2) is 0 Å². The Morgan fingerprint density at radius 3 is 2.38 bits per heavy atom. The van der Waals surface area contributed by atoms with Crippen LogP contribution in [0.15, 0.2) is 24.3 Å². The molecule has 0 radical (unpaired) electrons. The molecular weight excluding hydrogens is 208 g/mol. The topological polar surface area (TPSA) is 55.8 Å².